The molecule has 1 heterocycles. The molecule has 0 aromatic carbocycles. The maximum Gasteiger partial charge on any atom is 0.418 e. The van der Waals surface area contributed by atoms with Crippen molar-refractivity contribution >= 4 is 0 Å². The van der Waals surface area contributed by atoms with Gasteiger partial charge in [0.15, 0.2) is 0 Å². The van der Waals surface area contributed by atoms with Crippen LogP contribution in [0.5, 0.6) is 0 Å². The summed E-state index contributed by atoms with van der Waals surface area (Å²) < 4.78 is 37.2. The van der Waals surface area contributed by atoms with Gasteiger partial charge in [-0.15, -0.1) is 0 Å². The van der Waals surface area contributed by atoms with Crippen molar-refractivity contribution in [2.24, 2.45) is 5.90 Å². The predicted molar refractivity (Wildman–Crippen MR) is 42.9 cm³/mol. The van der Waals surface area contributed by atoms with Crippen molar-refractivity contribution in [1.82, 2.24) is 4.98 Å². The SMILES string of the molecule is CC(ON)c1ncccc1C(F)(F)F. The first-order valence-corrected chi connectivity index (χ1v) is 3.84. The van der Waals surface area contributed by atoms with E-state index in [4.69, 9.17) is 5.90 Å². The molecule has 78 valence electrons. The normalized spacial score (nSPS) is 14.1. The van der Waals surface area contributed by atoms with Gasteiger partial charge in [0.2, 0.25) is 0 Å². The average Bonchev–Trinajstić information content (AvgIpc) is 2.15. The number of aromatic nitrogens is 1. The lowest BCUT2D eigenvalue weighted by molar-refractivity contribution is -0.139. The first-order chi connectivity index (χ1) is 6.46. The van der Waals surface area contributed by atoms with Crippen LogP contribution in [0.1, 0.15) is 24.3 Å². The highest BCUT2D eigenvalue weighted by molar-refractivity contribution is 5.24. The van der Waals surface area contributed by atoms with E-state index in [1.807, 2.05) is 0 Å². The zero-order valence-corrected chi connectivity index (χ0v) is 7.38. The molecule has 1 unspecified atom stereocenters. The van der Waals surface area contributed by atoms with E-state index in [1.54, 1.807) is 0 Å². The summed E-state index contributed by atoms with van der Waals surface area (Å²) in [5, 5.41) is 0. The van der Waals surface area contributed by atoms with Gasteiger partial charge in [-0.1, -0.05) is 0 Å². The third-order valence-corrected chi connectivity index (χ3v) is 1.73. The first kappa shape index (κ1) is 10.9. The molecular formula is C8H9F3N2O. The van der Waals surface area contributed by atoms with Gasteiger partial charge in [0, 0.05) is 6.20 Å². The summed E-state index contributed by atoms with van der Waals surface area (Å²) in [6, 6.07) is 2.16. The molecule has 1 atom stereocenters. The van der Waals surface area contributed by atoms with E-state index in [9.17, 15) is 13.2 Å². The summed E-state index contributed by atoms with van der Waals surface area (Å²) in [6.07, 6.45) is -4.05. The van der Waals surface area contributed by atoms with Crippen molar-refractivity contribution in [2.75, 3.05) is 0 Å². The zero-order valence-electron chi connectivity index (χ0n) is 7.38. The van der Waals surface area contributed by atoms with E-state index in [-0.39, 0.29) is 5.69 Å². The molecule has 0 bridgehead atoms. The van der Waals surface area contributed by atoms with Crippen LogP contribution in [0.3, 0.4) is 0 Å². The number of halogens is 3. The second kappa shape index (κ2) is 3.93. The van der Waals surface area contributed by atoms with Crippen LogP contribution in [0.15, 0.2) is 18.3 Å². The van der Waals surface area contributed by atoms with Crippen LogP contribution >= 0.6 is 0 Å². The Labute approximate surface area is 78.6 Å². The van der Waals surface area contributed by atoms with Gasteiger partial charge in [-0.3, -0.25) is 9.82 Å². The number of pyridine rings is 1. The second-order valence-electron chi connectivity index (χ2n) is 2.71. The molecule has 1 aromatic rings. The molecule has 2 N–H and O–H groups in total. The Hall–Kier alpha value is -1.14. The van der Waals surface area contributed by atoms with Crippen molar-refractivity contribution in [1.29, 1.82) is 0 Å². The van der Waals surface area contributed by atoms with Crippen LogP contribution in [-0.4, -0.2) is 4.98 Å². The Balaban J connectivity index is 3.16. The fourth-order valence-electron chi connectivity index (χ4n) is 1.05. The largest absolute Gasteiger partial charge is 0.418 e. The number of nitrogens with two attached hydrogens (primary N) is 1. The Kier molecular flexibility index (Phi) is 3.07. The molecule has 0 aliphatic carbocycles. The van der Waals surface area contributed by atoms with E-state index in [0.29, 0.717) is 0 Å². The van der Waals surface area contributed by atoms with Gasteiger partial charge in [0.25, 0.3) is 0 Å². The summed E-state index contributed by atoms with van der Waals surface area (Å²) in [4.78, 5) is 7.90. The van der Waals surface area contributed by atoms with Gasteiger partial charge in [-0.05, 0) is 19.1 Å². The van der Waals surface area contributed by atoms with Crippen molar-refractivity contribution < 1.29 is 18.0 Å². The number of hydrogen-bond acceptors (Lipinski definition) is 3. The van der Waals surface area contributed by atoms with Crippen LogP contribution < -0.4 is 5.90 Å². The van der Waals surface area contributed by atoms with Crippen molar-refractivity contribution in [3.8, 4) is 0 Å². The molecule has 14 heavy (non-hydrogen) atoms. The smallest absolute Gasteiger partial charge is 0.295 e. The van der Waals surface area contributed by atoms with E-state index in [2.05, 4.69) is 9.82 Å². The molecule has 1 aromatic heterocycles. The molecular weight excluding hydrogens is 197 g/mol. The van der Waals surface area contributed by atoms with Gasteiger partial charge in [-0.2, -0.15) is 13.2 Å². The topological polar surface area (TPSA) is 48.1 Å². The summed E-state index contributed by atoms with van der Waals surface area (Å²) in [6.45, 7) is 1.40. The van der Waals surface area contributed by atoms with E-state index < -0.39 is 17.8 Å². The van der Waals surface area contributed by atoms with Crippen LogP contribution in [0.2, 0.25) is 0 Å². The minimum Gasteiger partial charge on any atom is -0.295 e. The second-order valence-corrected chi connectivity index (χ2v) is 2.71. The van der Waals surface area contributed by atoms with Crippen molar-refractivity contribution in [2.45, 2.75) is 19.2 Å². The highest BCUT2D eigenvalue weighted by Gasteiger charge is 2.35. The summed E-state index contributed by atoms with van der Waals surface area (Å²) in [5.74, 6) is 4.81. The van der Waals surface area contributed by atoms with Crippen LogP contribution in [0, 0.1) is 0 Å². The fourth-order valence-corrected chi connectivity index (χ4v) is 1.05. The minimum atomic E-state index is -4.43. The monoisotopic (exact) mass is 206 g/mol. The quantitative estimate of drug-likeness (QED) is 0.753. The van der Waals surface area contributed by atoms with Gasteiger partial charge in [-0.25, -0.2) is 5.90 Å². The van der Waals surface area contributed by atoms with Crippen LogP contribution in [-0.2, 0) is 11.0 Å². The summed E-state index contributed by atoms with van der Waals surface area (Å²) in [5.41, 5.74) is -1.03. The standard InChI is InChI=1S/C8H9F3N2O/c1-5(14-12)7-6(8(9,10)11)3-2-4-13-7/h2-5H,12H2,1H3. The molecule has 0 saturated carbocycles. The van der Waals surface area contributed by atoms with E-state index in [1.165, 1.54) is 19.2 Å². The molecule has 0 aliphatic rings. The molecule has 0 spiro atoms. The number of alkyl halides is 3. The predicted octanol–water partition coefficient (Wildman–Crippen LogP) is 2.05. The van der Waals surface area contributed by atoms with Crippen LogP contribution in [0.4, 0.5) is 13.2 Å². The Bertz CT molecular complexity index is 314. The van der Waals surface area contributed by atoms with Gasteiger partial charge >= 0.3 is 6.18 Å². The third-order valence-electron chi connectivity index (χ3n) is 1.73. The van der Waals surface area contributed by atoms with Gasteiger partial charge < -0.3 is 0 Å². The first-order valence-electron chi connectivity index (χ1n) is 3.84. The number of hydrogen-bond donors (Lipinski definition) is 1. The summed E-state index contributed by atoms with van der Waals surface area (Å²) >= 11 is 0. The Morgan fingerprint density at radius 1 is 1.50 bits per heavy atom. The van der Waals surface area contributed by atoms with Gasteiger partial charge in [0.1, 0.15) is 6.10 Å². The highest BCUT2D eigenvalue weighted by atomic mass is 19.4. The molecule has 1 rings (SSSR count). The van der Waals surface area contributed by atoms with Crippen molar-refractivity contribution in [3.63, 3.8) is 0 Å². The zero-order chi connectivity index (χ0) is 10.8. The summed E-state index contributed by atoms with van der Waals surface area (Å²) in [7, 11) is 0. The lowest BCUT2D eigenvalue weighted by Gasteiger charge is -2.14. The maximum absolute atomic E-state index is 12.4. The molecule has 0 amide bonds. The molecule has 0 aliphatic heterocycles. The lowest BCUT2D eigenvalue weighted by Crippen LogP contribution is -2.15. The third kappa shape index (κ3) is 2.21. The Morgan fingerprint density at radius 3 is 2.64 bits per heavy atom. The molecule has 0 saturated heterocycles. The molecule has 3 nitrogen and oxygen atoms in total. The van der Waals surface area contributed by atoms with Gasteiger partial charge in [0.05, 0.1) is 11.3 Å². The average molecular weight is 206 g/mol. The lowest BCUT2D eigenvalue weighted by atomic mass is 10.1. The van der Waals surface area contributed by atoms with Crippen LogP contribution in [0.25, 0.3) is 0 Å². The molecule has 6 heteroatoms. The highest BCUT2D eigenvalue weighted by Crippen LogP contribution is 2.33. The Morgan fingerprint density at radius 2 is 2.14 bits per heavy atom. The van der Waals surface area contributed by atoms with E-state index >= 15 is 0 Å². The van der Waals surface area contributed by atoms with E-state index in [0.717, 1.165) is 6.07 Å². The number of nitrogens with zero attached hydrogens (tertiary/aromatic N) is 1. The molecule has 0 radical (unpaired) electrons. The number of rotatable bonds is 2. The maximum atomic E-state index is 12.4. The fraction of sp³-hybridized carbons (Fsp3) is 0.375. The minimum absolute atomic E-state index is 0.206. The molecule has 0 fully saturated rings. The van der Waals surface area contributed by atoms with Crippen molar-refractivity contribution in [3.05, 3.63) is 29.6 Å².